The SMILES string of the molecule is CCC(=O)OCOC(=O)[C@H](O)C(C)(C)COS(=O)(=O)CCCNC(C)=O. The highest BCUT2D eigenvalue weighted by molar-refractivity contribution is 7.86. The molecule has 0 unspecified atom stereocenters. The summed E-state index contributed by atoms with van der Waals surface area (Å²) in [5.41, 5.74) is -1.27. The van der Waals surface area contributed by atoms with E-state index in [2.05, 4.69) is 14.8 Å². The van der Waals surface area contributed by atoms with Gasteiger partial charge in [0.05, 0.1) is 12.4 Å². The van der Waals surface area contributed by atoms with Crippen molar-refractivity contribution < 1.29 is 41.6 Å². The average Bonchev–Trinajstić information content (AvgIpc) is 2.56. The average molecular weight is 397 g/mol. The lowest BCUT2D eigenvalue weighted by Gasteiger charge is -2.28. The molecule has 0 fully saturated rings. The molecule has 1 amide bonds. The molecule has 0 radical (unpaired) electrons. The molecule has 11 heteroatoms. The van der Waals surface area contributed by atoms with E-state index in [-0.39, 0.29) is 31.0 Å². The maximum absolute atomic E-state index is 11.8. The number of hydrogen-bond acceptors (Lipinski definition) is 9. The zero-order chi connectivity index (χ0) is 20.4. The number of rotatable bonds is 12. The van der Waals surface area contributed by atoms with Gasteiger partial charge in [0.25, 0.3) is 10.1 Å². The maximum atomic E-state index is 11.8. The Bertz CT molecular complexity index is 586. The first kappa shape index (κ1) is 24.3. The predicted molar refractivity (Wildman–Crippen MR) is 90.2 cm³/mol. The molecule has 152 valence electrons. The minimum atomic E-state index is -3.89. The highest BCUT2D eigenvalue weighted by Crippen LogP contribution is 2.23. The number of carbonyl (C=O) groups excluding carboxylic acids is 3. The number of esters is 2. The summed E-state index contributed by atoms with van der Waals surface area (Å²) in [6.07, 6.45) is -1.41. The zero-order valence-corrected chi connectivity index (χ0v) is 16.3. The van der Waals surface area contributed by atoms with Gasteiger partial charge in [-0.2, -0.15) is 8.42 Å². The van der Waals surface area contributed by atoms with Gasteiger partial charge >= 0.3 is 11.9 Å². The Morgan fingerprint density at radius 3 is 2.35 bits per heavy atom. The number of ether oxygens (including phenoxy) is 2. The van der Waals surface area contributed by atoms with Crippen molar-refractivity contribution in [3.8, 4) is 0 Å². The first-order chi connectivity index (χ1) is 11.9. The van der Waals surface area contributed by atoms with Gasteiger partial charge in [-0.15, -0.1) is 0 Å². The van der Waals surface area contributed by atoms with Crippen LogP contribution in [0.25, 0.3) is 0 Å². The van der Waals surface area contributed by atoms with Crippen LogP contribution in [0.15, 0.2) is 0 Å². The number of carbonyl (C=O) groups is 3. The van der Waals surface area contributed by atoms with Gasteiger partial charge in [0.1, 0.15) is 0 Å². The molecule has 1 atom stereocenters. The van der Waals surface area contributed by atoms with E-state index in [4.69, 9.17) is 4.18 Å². The molecule has 0 saturated carbocycles. The maximum Gasteiger partial charge on any atom is 0.338 e. The molecule has 0 aliphatic rings. The van der Waals surface area contributed by atoms with E-state index in [0.717, 1.165) is 0 Å². The van der Waals surface area contributed by atoms with E-state index in [1.165, 1.54) is 20.8 Å². The van der Waals surface area contributed by atoms with E-state index in [1.54, 1.807) is 6.92 Å². The summed E-state index contributed by atoms with van der Waals surface area (Å²) in [5.74, 6) is -2.22. The first-order valence-corrected chi connectivity index (χ1v) is 9.61. The second kappa shape index (κ2) is 11.1. The van der Waals surface area contributed by atoms with Crippen LogP contribution in [-0.2, 0) is 38.2 Å². The summed E-state index contributed by atoms with van der Waals surface area (Å²) in [7, 11) is -3.89. The van der Waals surface area contributed by atoms with Crippen molar-refractivity contribution in [2.75, 3.05) is 25.7 Å². The molecule has 0 aliphatic carbocycles. The topological polar surface area (TPSA) is 145 Å². The van der Waals surface area contributed by atoms with Crippen LogP contribution in [-0.4, -0.2) is 63.2 Å². The lowest BCUT2D eigenvalue weighted by molar-refractivity contribution is -0.178. The van der Waals surface area contributed by atoms with Crippen molar-refractivity contribution in [1.82, 2.24) is 5.32 Å². The van der Waals surface area contributed by atoms with Gasteiger partial charge in [-0.1, -0.05) is 20.8 Å². The highest BCUT2D eigenvalue weighted by Gasteiger charge is 2.36. The smallest absolute Gasteiger partial charge is 0.338 e. The second-order valence-corrected chi connectivity index (χ2v) is 7.96. The van der Waals surface area contributed by atoms with E-state index in [9.17, 15) is 27.9 Å². The van der Waals surface area contributed by atoms with E-state index in [1.807, 2.05) is 0 Å². The van der Waals surface area contributed by atoms with Crippen LogP contribution >= 0.6 is 0 Å². The van der Waals surface area contributed by atoms with Gasteiger partial charge in [-0.3, -0.25) is 13.8 Å². The zero-order valence-electron chi connectivity index (χ0n) is 15.4. The largest absolute Gasteiger partial charge is 0.428 e. The molecule has 0 aromatic rings. The molecule has 0 aromatic carbocycles. The van der Waals surface area contributed by atoms with E-state index >= 15 is 0 Å². The lowest BCUT2D eigenvalue weighted by atomic mass is 9.88. The molecular formula is C15H27NO9S. The molecule has 0 bridgehead atoms. The standard InChI is InChI=1S/C15H27NO9S/c1-5-12(18)23-10-24-14(20)13(19)15(3,4)9-25-26(21,22)8-6-7-16-11(2)17/h13,19H,5-10H2,1-4H3,(H,16,17)/t13-/m0/s1. The van der Waals surface area contributed by atoms with Crippen LogP contribution in [0, 0.1) is 5.41 Å². The van der Waals surface area contributed by atoms with E-state index < -0.39 is 47.0 Å². The van der Waals surface area contributed by atoms with Crippen molar-refractivity contribution in [2.45, 2.75) is 46.6 Å². The van der Waals surface area contributed by atoms with Crippen LogP contribution in [0.1, 0.15) is 40.5 Å². The number of aliphatic hydroxyl groups excluding tert-OH is 1. The van der Waals surface area contributed by atoms with Crippen LogP contribution < -0.4 is 5.32 Å². The Labute approximate surface area is 153 Å². The van der Waals surface area contributed by atoms with Gasteiger partial charge in [0, 0.05) is 25.3 Å². The molecule has 2 N–H and O–H groups in total. The number of nitrogens with one attached hydrogen (secondary N) is 1. The number of aliphatic hydroxyl groups is 1. The Hall–Kier alpha value is -1.72. The quantitative estimate of drug-likeness (QED) is 0.196. The third-order valence-corrected chi connectivity index (χ3v) is 4.49. The van der Waals surface area contributed by atoms with Crippen molar-refractivity contribution >= 4 is 28.0 Å². The number of hydrogen-bond donors (Lipinski definition) is 2. The van der Waals surface area contributed by atoms with Gasteiger partial charge < -0.3 is 19.9 Å². The van der Waals surface area contributed by atoms with Crippen molar-refractivity contribution in [2.24, 2.45) is 5.41 Å². The fraction of sp³-hybridized carbons (Fsp3) is 0.800. The Balaban J connectivity index is 4.41. The number of amides is 1. The summed E-state index contributed by atoms with van der Waals surface area (Å²) in [6.45, 7) is 4.81. The van der Waals surface area contributed by atoms with Crippen molar-refractivity contribution in [3.63, 3.8) is 0 Å². The monoisotopic (exact) mass is 397 g/mol. The molecule has 0 rings (SSSR count). The predicted octanol–water partition coefficient (Wildman–Crippen LogP) is -0.300. The van der Waals surface area contributed by atoms with Crippen LogP contribution in [0.5, 0.6) is 0 Å². The van der Waals surface area contributed by atoms with Crippen LogP contribution in [0.2, 0.25) is 0 Å². The summed E-state index contributed by atoms with van der Waals surface area (Å²) >= 11 is 0. The Morgan fingerprint density at radius 2 is 1.81 bits per heavy atom. The first-order valence-electron chi connectivity index (χ1n) is 8.03. The summed E-state index contributed by atoms with van der Waals surface area (Å²) < 4.78 is 37.6. The molecule has 0 aliphatic heterocycles. The third-order valence-electron chi connectivity index (χ3n) is 3.23. The second-order valence-electron chi connectivity index (χ2n) is 6.20. The van der Waals surface area contributed by atoms with Crippen molar-refractivity contribution in [1.29, 1.82) is 0 Å². The van der Waals surface area contributed by atoms with Crippen LogP contribution in [0.3, 0.4) is 0 Å². The fourth-order valence-electron chi connectivity index (χ4n) is 1.55. The molecule has 0 heterocycles. The lowest BCUT2D eigenvalue weighted by Crippen LogP contribution is -2.42. The molecule has 0 aromatic heterocycles. The normalized spacial score (nSPS) is 13.0. The highest BCUT2D eigenvalue weighted by atomic mass is 32.2. The van der Waals surface area contributed by atoms with Crippen LogP contribution in [0.4, 0.5) is 0 Å². The van der Waals surface area contributed by atoms with Gasteiger partial charge in [0.15, 0.2) is 6.10 Å². The third kappa shape index (κ3) is 10.3. The van der Waals surface area contributed by atoms with Crippen molar-refractivity contribution in [3.05, 3.63) is 0 Å². The Kier molecular flexibility index (Phi) is 10.4. The van der Waals surface area contributed by atoms with Gasteiger partial charge in [-0.25, -0.2) is 4.79 Å². The van der Waals surface area contributed by atoms with Gasteiger partial charge in [0.2, 0.25) is 12.7 Å². The summed E-state index contributed by atoms with van der Waals surface area (Å²) in [4.78, 5) is 33.4. The molecule has 0 saturated heterocycles. The van der Waals surface area contributed by atoms with Gasteiger partial charge in [-0.05, 0) is 6.42 Å². The molecule has 26 heavy (non-hydrogen) atoms. The molecule has 0 spiro atoms. The van der Waals surface area contributed by atoms with E-state index in [0.29, 0.717) is 0 Å². The summed E-state index contributed by atoms with van der Waals surface area (Å²) in [6, 6.07) is 0. The Morgan fingerprint density at radius 1 is 1.19 bits per heavy atom. The minimum Gasteiger partial charge on any atom is -0.428 e. The summed E-state index contributed by atoms with van der Waals surface area (Å²) in [5, 5.41) is 12.5. The fourth-order valence-corrected chi connectivity index (χ4v) is 2.65. The molecule has 10 nitrogen and oxygen atoms in total. The molecular weight excluding hydrogens is 370 g/mol. The minimum absolute atomic E-state index is 0.110.